The molecule has 0 N–H and O–H groups in total. The lowest BCUT2D eigenvalue weighted by molar-refractivity contribution is 0.416. The van der Waals surface area contributed by atoms with E-state index in [9.17, 15) is 0 Å². The van der Waals surface area contributed by atoms with Gasteiger partial charge in [0.2, 0.25) is 0 Å². The second-order valence-corrected chi connectivity index (χ2v) is 21.8. The normalized spacial score (nSPS) is 22.1. The summed E-state index contributed by atoms with van der Waals surface area (Å²) in [6, 6.07) is 43.5. The Morgan fingerprint density at radius 3 is 1.10 bits per heavy atom. The zero-order valence-electron chi connectivity index (χ0n) is 37.0. The molecule has 0 aliphatic heterocycles. The molecule has 0 radical (unpaired) electrons. The molecular weight excluding hydrogens is 721 g/mol. The highest BCUT2D eigenvalue weighted by atomic mass is 14.5. The number of hydrogen-bond acceptors (Lipinski definition) is 0. The van der Waals surface area contributed by atoms with Crippen LogP contribution < -0.4 is 20.9 Å². The van der Waals surface area contributed by atoms with Crippen molar-refractivity contribution in [2.24, 2.45) is 11.8 Å². The van der Waals surface area contributed by atoms with Crippen molar-refractivity contribution in [1.29, 1.82) is 0 Å². The van der Waals surface area contributed by atoms with Gasteiger partial charge in [-0.1, -0.05) is 151 Å². The number of fused-ring (bicyclic) bond motifs is 2. The van der Waals surface area contributed by atoms with Crippen LogP contribution in [0.25, 0.3) is 66.1 Å². The molecule has 0 nitrogen and oxygen atoms in total. The second-order valence-electron chi connectivity index (χ2n) is 21.8. The van der Waals surface area contributed by atoms with Crippen molar-refractivity contribution in [1.82, 2.24) is 0 Å². The maximum Gasteiger partial charge on any atom is 0.0159 e. The van der Waals surface area contributed by atoms with E-state index in [2.05, 4.69) is 178 Å². The van der Waals surface area contributed by atoms with Gasteiger partial charge in [-0.05, 0) is 194 Å². The lowest BCUT2D eigenvalue weighted by atomic mass is 9.66. The maximum atomic E-state index is 2.63. The summed E-state index contributed by atoms with van der Waals surface area (Å²) in [6.45, 7) is 24.8. The summed E-state index contributed by atoms with van der Waals surface area (Å²) in [4.78, 5) is 0. The van der Waals surface area contributed by atoms with Crippen LogP contribution in [0.1, 0.15) is 127 Å². The van der Waals surface area contributed by atoms with Crippen molar-refractivity contribution in [2.75, 3.05) is 0 Å². The van der Waals surface area contributed by atoms with E-state index in [0.717, 1.165) is 12.8 Å². The summed E-state index contributed by atoms with van der Waals surface area (Å²) in [6.07, 6.45) is 2.26. The largest absolute Gasteiger partial charge is 0.0648 e. The van der Waals surface area contributed by atoms with Crippen molar-refractivity contribution < 1.29 is 0 Å². The Hall–Kier alpha value is -5.46. The topological polar surface area (TPSA) is 0 Å². The molecule has 2 unspecified atom stereocenters. The Bertz CT molecular complexity index is 3210. The Kier molecular flexibility index (Phi) is 6.40. The molecule has 2 atom stereocenters. The van der Waals surface area contributed by atoms with Crippen molar-refractivity contribution in [3.63, 3.8) is 0 Å². The minimum absolute atomic E-state index is 0.0176. The number of benzene rings is 7. The minimum atomic E-state index is -0.126. The highest BCUT2D eigenvalue weighted by molar-refractivity contribution is 6.21. The average molecular weight is 775 g/mol. The van der Waals surface area contributed by atoms with Crippen molar-refractivity contribution >= 4 is 43.8 Å². The molecule has 0 amide bonds. The summed E-state index contributed by atoms with van der Waals surface area (Å²) in [7, 11) is 0. The standard InChI is InChI=1S/C60H54/c1-31-25-43-55-51-35(31)21-15-23-41(51)57(3,4)45-27-33(29-47(53(45)55)59(43,7)8)49-37-17-11-13-19-39(37)50(40-20-14-12-18-38(40)49)34-28-46-54-48(30-34)60(9,10)44-26-32(2)36-22-16-24-42(58(46,5)6)52(36)56(44)54/h11-24,27-30,43-44H,25-26H2,1-10H3. The van der Waals surface area contributed by atoms with Crippen LogP contribution >= 0.6 is 0 Å². The van der Waals surface area contributed by atoms with Crippen molar-refractivity contribution in [3.05, 3.63) is 175 Å². The molecule has 0 saturated heterocycles. The monoisotopic (exact) mass is 774 g/mol. The Balaban J connectivity index is 1.12. The van der Waals surface area contributed by atoms with E-state index in [-0.39, 0.29) is 21.7 Å². The molecule has 0 bridgehead atoms. The van der Waals surface area contributed by atoms with Crippen LogP contribution in [0.2, 0.25) is 0 Å². The van der Waals surface area contributed by atoms with Gasteiger partial charge in [0.15, 0.2) is 0 Å². The zero-order valence-corrected chi connectivity index (χ0v) is 37.0. The van der Waals surface area contributed by atoms with Gasteiger partial charge in [-0.3, -0.25) is 0 Å². The first-order chi connectivity index (χ1) is 28.6. The molecule has 60 heavy (non-hydrogen) atoms. The SMILES string of the molecule is CC1=c2cccc3c2=C2c4c(cc(-c5c6ccccc6c(-c6cc7c8c(c6)C(C)(C)C6CC(C)=c9cccc(c9=C86)C7(C)C)c6ccccc56)cc4C(C)(C)C2C1)C3(C)C. The second kappa shape index (κ2) is 10.9. The van der Waals surface area contributed by atoms with Crippen LogP contribution in [0.15, 0.2) is 109 Å². The molecule has 7 aromatic rings. The van der Waals surface area contributed by atoms with Gasteiger partial charge < -0.3 is 0 Å². The van der Waals surface area contributed by atoms with E-state index in [1.807, 2.05) is 0 Å². The molecule has 0 aromatic heterocycles. The van der Waals surface area contributed by atoms with E-state index >= 15 is 0 Å². The molecular formula is C60H54. The van der Waals surface area contributed by atoms with Crippen LogP contribution in [0, 0.1) is 11.8 Å². The fourth-order valence-corrected chi connectivity index (χ4v) is 14.2. The van der Waals surface area contributed by atoms with Gasteiger partial charge in [-0.2, -0.15) is 0 Å². The average Bonchev–Trinajstić information content (AvgIpc) is 3.59. The summed E-state index contributed by atoms with van der Waals surface area (Å²) in [5, 5.41) is 11.4. The van der Waals surface area contributed by atoms with Gasteiger partial charge in [0.05, 0.1) is 0 Å². The third-order valence-electron chi connectivity index (χ3n) is 17.5. The third-order valence-corrected chi connectivity index (χ3v) is 17.5. The van der Waals surface area contributed by atoms with Crippen LogP contribution in [0.3, 0.4) is 0 Å². The van der Waals surface area contributed by atoms with E-state index in [4.69, 9.17) is 0 Å². The predicted octanol–water partition coefficient (Wildman–Crippen LogP) is 12.0. The van der Waals surface area contributed by atoms with Gasteiger partial charge in [0.1, 0.15) is 0 Å². The minimum Gasteiger partial charge on any atom is -0.0648 e. The van der Waals surface area contributed by atoms with Crippen LogP contribution in [-0.4, -0.2) is 0 Å². The first-order valence-electron chi connectivity index (χ1n) is 22.6. The highest BCUT2D eigenvalue weighted by Crippen LogP contribution is 2.60. The lowest BCUT2D eigenvalue weighted by Crippen LogP contribution is -2.45. The Labute approximate surface area is 354 Å². The van der Waals surface area contributed by atoms with Crippen LogP contribution in [-0.2, 0) is 21.7 Å². The first kappa shape index (κ1) is 35.3. The lowest BCUT2D eigenvalue weighted by Gasteiger charge is -2.37. The molecule has 0 spiro atoms. The van der Waals surface area contributed by atoms with Gasteiger partial charge in [-0.15, -0.1) is 0 Å². The molecule has 6 aliphatic carbocycles. The van der Waals surface area contributed by atoms with E-state index < -0.39 is 0 Å². The van der Waals surface area contributed by atoms with Gasteiger partial charge in [0.25, 0.3) is 0 Å². The van der Waals surface area contributed by atoms with E-state index in [1.54, 1.807) is 33.4 Å². The Morgan fingerprint density at radius 2 is 0.733 bits per heavy atom. The van der Waals surface area contributed by atoms with Gasteiger partial charge >= 0.3 is 0 Å². The molecule has 0 saturated carbocycles. The fraction of sp³-hybridized carbons (Fsp3) is 0.300. The molecule has 0 fully saturated rings. The smallest absolute Gasteiger partial charge is 0.0159 e. The molecule has 0 heterocycles. The predicted molar refractivity (Wildman–Crippen MR) is 253 cm³/mol. The van der Waals surface area contributed by atoms with Gasteiger partial charge in [-0.25, -0.2) is 0 Å². The van der Waals surface area contributed by atoms with Crippen molar-refractivity contribution in [3.8, 4) is 22.3 Å². The quantitative estimate of drug-likeness (QED) is 0.154. The molecule has 0 heteroatoms. The number of rotatable bonds is 2. The van der Waals surface area contributed by atoms with Crippen LogP contribution in [0.4, 0.5) is 0 Å². The highest BCUT2D eigenvalue weighted by Gasteiger charge is 2.52. The summed E-state index contributed by atoms with van der Waals surface area (Å²) in [5.74, 6) is 0.970. The van der Waals surface area contributed by atoms with E-state index in [1.165, 1.54) is 98.1 Å². The first-order valence-corrected chi connectivity index (χ1v) is 22.6. The maximum absolute atomic E-state index is 2.63. The molecule has 13 rings (SSSR count). The summed E-state index contributed by atoms with van der Waals surface area (Å²) < 4.78 is 0. The van der Waals surface area contributed by atoms with Crippen molar-refractivity contribution in [2.45, 2.75) is 104 Å². The molecule has 7 aromatic carbocycles. The third kappa shape index (κ3) is 3.93. The number of hydrogen-bond donors (Lipinski definition) is 0. The Morgan fingerprint density at radius 1 is 0.383 bits per heavy atom. The van der Waals surface area contributed by atoms with Crippen LogP contribution in [0.5, 0.6) is 0 Å². The van der Waals surface area contributed by atoms with E-state index in [0.29, 0.717) is 11.8 Å². The summed E-state index contributed by atoms with van der Waals surface area (Å²) >= 11 is 0. The molecule has 6 aliphatic rings. The fourth-order valence-electron chi connectivity index (χ4n) is 14.2. The molecule has 294 valence electrons. The van der Waals surface area contributed by atoms with Gasteiger partial charge in [0, 0.05) is 10.8 Å². The zero-order chi connectivity index (χ0) is 41.2. The summed E-state index contributed by atoms with van der Waals surface area (Å²) in [5.41, 5.74) is 23.7.